The van der Waals surface area contributed by atoms with Crippen LogP contribution in [-0.4, -0.2) is 45.3 Å². The number of amides is 1. The zero-order valence-electron chi connectivity index (χ0n) is 10.8. The van der Waals surface area contributed by atoms with Gasteiger partial charge in [0.1, 0.15) is 0 Å². The Bertz CT molecular complexity index is 574. The number of aliphatic hydroxyl groups excluding tert-OH is 1. The highest BCUT2D eigenvalue weighted by molar-refractivity contribution is 5.98. The fraction of sp³-hybridized carbons (Fsp3) is 0.385. The van der Waals surface area contributed by atoms with Crippen molar-refractivity contribution in [3.05, 3.63) is 30.0 Å². The standard InChI is InChI=1S/C13H17N3O2/c1-13(2,8-17)16(3)12(18)9-4-5-11-10(6-9)7-14-15-11/h4-7,17H,8H2,1-3H3,(H,14,15). The average molecular weight is 247 g/mol. The van der Waals surface area contributed by atoms with Gasteiger partial charge in [-0.2, -0.15) is 5.10 Å². The highest BCUT2D eigenvalue weighted by atomic mass is 16.3. The molecule has 2 aromatic rings. The summed E-state index contributed by atoms with van der Waals surface area (Å²) in [6.07, 6.45) is 1.68. The van der Waals surface area contributed by atoms with Gasteiger partial charge in [0.2, 0.25) is 0 Å². The van der Waals surface area contributed by atoms with Crippen LogP contribution in [0.1, 0.15) is 24.2 Å². The molecule has 0 unspecified atom stereocenters. The molecule has 18 heavy (non-hydrogen) atoms. The molecule has 0 atom stereocenters. The summed E-state index contributed by atoms with van der Waals surface area (Å²) in [5.41, 5.74) is 0.908. The van der Waals surface area contributed by atoms with E-state index < -0.39 is 5.54 Å². The monoisotopic (exact) mass is 247 g/mol. The van der Waals surface area contributed by atoms with E-state index in [9.17, 15) is 9.90 Å². The zero-order valence-corrected chi connectivity index (χ0v) is 10.8. The van der Waals surface area contributed by atoms with E-state index in [0.717, 1.165) is 10.9 Å². The van der Waals surface area contributed by atoms with Crippen LogP contribution in [0.3, 0.4) is 0 Å². The van der Waals surface area contributed by atoms with Crippen molar-refractivity contribution >= 4 is 16.8 Å². The van der Waals surface area contributed by atoms with Gasteiger partial charge in [-0.3, -0.25) is 9.89 Å². The summed E-state index contributed by atoms with van der Waals surface area (Å²) in [6, 6.07) is 5.38. The number of hydrogen-bond donors (Lipinski definition) is 2. The molecule has 0 spiro atoms. The van der Waals surface area contributed by atoms with E-state index in [0.29, 0.717) is 5.56 Å². The van der Waals surface area contributed by atoms with E-state index in [1.54, 1.807) is 30.3 Å². The van der Waals surface area contributed by atoms with Gasteiger partial charge < -0.3 is 10.0 Å². The maximum Gasteiger partial charge on any atom is 0.254 e. The Kier molecular flexibility index (Phi) is 3.09. The smallest absolute Gasteiger partial charge is 0.254 e. The topological polar surface area (TPSA) is 69.2 Å². The number of hydrogen-bond acceptors (Lipinski definition) is 3. The third kappa shape index (κ3) is 2.09. The number of rotatable bonds is 3. The number of carbonyl (C=O) groups is 1. The third-order valence-electron chi connectivity index (χ3n) is 3.29. The molecular formula is C13H17N3O2. The maximum absolute atomic E-state index is 12.3. The molecule has 1 aromatic carbocycles. The summed E-state index contributed by atoms with van der Waals surface area (Å²) in [4.78, 5) is 13.8. The fourth-order valence-corrected chi connectivity index (χ4v) is 1.65. The van der Waals surface area contributed by atoms with Gasteiger partial charge in [-0.05, 0) is 32.0 Å². The molecule has 96 valence electrons. The lowest BCUT2D eigenvalue weighted by Crippen LogP contribution is -2.47. The zero-order chi connectivity index (χ0) is 13.3. The quantitative estimate of drug-likeness (QED) is 0.861. The second kappa shape index (κ2) is 4.42. The van der Waals surface area contributed by atoms with Gasteiger partial charge in [0, 0.05) is 18.0 Å². The van der Waals surface area contributed by atoms with E-state index in [2.05, 4.69) is 10.2 Å². The van der Waals surface area contributed by atoms with Gasteiger partial charge in [0.05, 0.1) is 23.9 Å². The highest BCUT2D eigenvalue weighted by Gasteiger charge is 2.27. The first kappa shape index (κ1) is 12.6. The number of aromatic amines is 1. The third-order valence-corrected chi connectivity index (χ3v) is 3.29. The first-order valence-corrected chi connectivity index (χ1v) is 5.78. The van der Waals surface area contributed by atoms with Gasteiger partial charge in [-0.25, -0.2) is 0 Å². The molecule has 2 rings (SSSR count). The molecule has 2 N–H and O–H groups in total. The van der Waals surface area contributed by atoms with Gasteiger partial charge >= 0.3 is 0 Å². The minimum Gasteiger partial charge on any atom is -0.394 e. The van der Waals surface area contributed by atoms with Crippen molar-refractivity contribution in [1.82, 2.24) is 15.1 Å². The molecule has 0 bridgehead atoms. The first-order valence-electron chi connectivity index (χ1n) is 5.78. The molecule has 1 amide bonds. The molecule has 1 heterocycles. The predicted molar refractivity (Wildman–Crippen MR) is 69.4 cm³/mol. The van der Waals surface area contributed by atoms with Crippen LogP contribution in [0.5, 0.6) is 0 Å². The number of H-pyrrole nitrogens is 1. The molecule has 0 saturated carbocycles. The number of aliphatic hydroxyl groups is 1. The van der Waals surface area contributed by atoms with E-state index in [-0.39, 0.29) is 12.5 Å². The summed E-state index contributed by atoms with van der Waals surface area (Å²) >= 11 is 0. The Morgan fingerprint density at radius 2 is 2.22 bits per heavy atom. The molecule has 0 aliphatic carbocycles. The second-order valence-electron chi connectivity index (χ2n) is 5.01. The maximum atomic E-state index is 12.3. The van der Waals surface area contributed by atoms with E-state index in [1.807, 2.05) is 19.9 Å². The van der Waals surface area contributed by atoms with Crippen LogP contribution in [0.15, 0.2) is 24.4 Å². The Morgan fingerprint density at radius 3 is 2.89 bits per heavy atom. The van der Waals surface area contributed by atoms with Crippen molar-refractivity contribution in [2.24, 2.45) is 0 Å². The fourth-order valence-electron chi connectivity index (χ4n) is 1.65. The lowest BCUT2D eigenvalue weighted by Gasteiger charge is -2.34. The average Bonchev–Trinajstić information content (AvgIpc) is 2.84. The van der Waals surface area contributed by atoms with Gasteiger partial charge in [-0.1, -0.05) is 0 Å². The van der Waals surface area contributed by atoms with Gasteiger partial charge in [0.15, 0.2) is 0 Å². The van der Waals surface area contributed by atoms with Crippen molar-refractivity contribution in [3.8, 4) is 0 Å². The molecule has 0 fully saturated rings. The SMILES string of the molecule is CN(C(=O)c1ccc2[nH]ncc2c1)C(C)(C)CO. The number of nitrogens with one attached hydrogen (secondary N) is 1. The van der Waals surface area contributed by atoms with Crippen LogP contribution in [0, 0.1) is 0 Å². The number of aromatic nitrogens is 2. The van der Waals surface area contributed by atoms with Crippen molar-refractivity contribution < 1.29 is 9.90 Å². The predicted octanol–water partition coefficient (Wildman–Crippen LogP) is 1.41. The first-order chi connectivity index (χ1) is 8.45. The molecule has 0 radical (unpaired) electrons. The van der Waals surface area contributed by atoms with Crippen LogP contribution < -0.4 is 0 Å². The van der Waals surface area contributed by atoms with Gasteiger partial charge in [-0.15, -0.1) is 0 Å². The Morgan fingerprint density at radius 1 is 1.50 bits per heavy atom. The molecule has 5 nitrogen and oxygen atoms in total. The Labute approximate surface area is 105 Å². The number of carbonyl (C=O) groups excluding carboxylic acids is 1. The second-order valence-corrected chi connectivity index (χ2v) is 5.01. The van der Waals surface area contributed by atoms with Crippen molar-refractivity contribution in [1.29, 1.82) is 0 Å². The van der Waals surface area contributed by atoms with E-state index >= 15 is 0 Å². The van der Waals surface area contributed by atoms with Crippen LogP contribution in [-0.2, 0) is 0 Å². The molecule has 1 aromatic heterocycles. The lowest BCUT2D eigenvalue weighted by molar-refractivity contribution is 0.0473. The van der Waals surface area contributed by atoms with Crippen LogP contribution in [0.25, 0.3) is 10.9 Å². The van der Waals surface area contributed by atoms with Crippen molar-refractivity contribution in [2.45, 2.75) is 19.4 Å². The molecule has 0 aliphatic heterocycles. The lowest BCUT2D eigenvalue weighted by atomic mass is 10.0. The normalized spacial score (nSPS) is 11.8. The minimum absolute atomic E-state index is 0.0802. The molecule has 0 saturated heterocycles. The number of benzene rings is 1. The summed E-state index contributed by atoms with van der Waals surface area (Å²) in [5.74, 6) is -0.114. The molecule has 0 aliphatic rings. The summed E-state index contributed by atoms with van der Waals surface area (Å²) in [6.45, 7) is 3.56. The summed E-state index contributed by atoms with van der Waals surface area (Å²) < 4.78 is 0. The van der Waals surface area contributed by atoms with Crippen molar-refractivity contribution in [3.63, 3.8) is 0 Å². The van der Waals surface area contributed by atoms with Crippen molar-refractivity contribution in [2.75, 3.05) is 13.7 Å². The number of fused-ring (bicyclic) bond motifs is 1. The van der Waals surface area contributed by atoms with E-state index in [1.165, 1.54) is 0 Å². The number of nitrogens with zero attached hydrogens (tertiary/aromatic N) is 2. The summed E-state index contributed by atoms with van der Waals surface area (Å²) in [7, 11) is 1.69. The summed E-state index contributed by atoms with van der Waals surface area (Å²) in [5, 5.41) is 17.0. The van der Waals surface area contributed by atoms with Crippen LogP contribution in [0.2, 0.25) is 0 Å². The van der Waals surface area contributed by atoms with E-state index in [4.69, 9.17) is 0 Å². The van der Waals surface area contributed by atoms with Gasteiger partial charge in [0.25, 0.3) is 5.91 Å². The van der Waals surface area contributed by atoms with Crippen LogP contribution in [0.4, 0.5) is 0 Å². The molecule has 5 heteroatoms. The largest absolute Gasteiger partial charge is 0.394 e. The Hall–Kier alpha value is -1.88. The highest BCUT2D eigenvalue weighted by Crippen LogP contribution is 2.18. The number of likely N-dealkylation sites (N-methyl/N-ethyl adjacent to an activating group) is 1. The Balaban J connectivity index is 2.33. The molecular weight excluding hydrogens is 230 g/mol. The minimum atomic E-state index is -0.581. The van der Waals surface area contributed by atoms with Crippen LogP contribution >= 0.6 is 0 Å².